The molecule has 0 saturated carbocycles. The van der Waals surface area contributed by atoms with Crippen molar-refractivity contribution in [2.45, 2.75) is 64.7 Å². The molecule has 0 amide bonds. The number of carbonyl (C=O) groups is 1. The minimum atomic E-state index is -0.932. The molecule has 0 aromatic heterocycles. The highest BCUT2D eigenvalue weighted by Gasteiger charge is 2.03. The average Bonchev–Trinajstić information content (AvgIpc) is 2.30. The van der Waals surface area contributed by atoms with E-state index in [1.165, 1.54) is 38.5 Å². The molecule has 0 bridgehead atoms. The Balaban J connectivity index is 3.16. The molecule has 102 valence electrons. The van der Waals surface area contributed by atoms with Crippen molar-refractivity contribution in [2.75, 3.05) is 11.5 Å². The molecule has 0 unspecified atom stereocenters. The van der Waals surface area contributed by atoms with Crippen molar-refractivity contribution >= 4 is 16.8 Å². The van der Waals surface area contributed by atoms with Gasteiger partial charge in [0.1, 0.15) is 0 Å². The zero-order valence-corrected chi connectivity index (χ0v) is 11.8. The Bertz CT molecular complexity index is 217. The monoisotopic (exact) mass is 262 g/mol. The van der Waals surface area contributed by atoms with Gasteiger partial charge in [0, 0.05) is 22.3 Å². The van der Waals surface area contributed by atoms with E-state index in [-0.39, 0.29) is 6.42 Å². The molecule has 0 aliphatic carbocycles. The van der Waals surface area contributed by atoms with E-state index in [1.807, 2.05) is 0 Å². The van der Waals surface area contributed by atoms with Crippen LogP contribution in [0.5, 0.6) is 0 Å². The lowest BCUT2D eigenvalue weighted by atomic mass is 10.1. The quantitative estimate of drug-likeness (QED) is 0.549. The molecule has 1 atom stereocenters. The van der Waals surface area contributed by atoms with E-state index < -0.39 is 16.8 Å². The Hall–Kier alpha value is -0.380. The first-order valence-corrected chi connectivity index (χ1v) is 8.22. The van der Waals surface area contributed by atoms with Gasteiger partial charge in [0.05, 0.1) is 6.42 Å². The van der Waals surface area contributed by atoms with Crippen LogP contribution in [0.2, 0.25) is 0 Å². The van der Waals surface area contributed by atoms with Gasteiger partial charge in [-0.3, -0.25) is 9.00 Å². The van der Waals surface area contributed by atoms with Gasteiger partial charge in [-0.15, -0.1) is 0 Å². The number of rotatable bonds is 12. The molecule has 0 aromatic rings. The SMILES string of the molecule is CCCCCCCCCC[S@](=O)CCC(=O)O. The van der Waals surface area contributed by atoms with Crippen LogP contribution >= 0.6 is 0 Å². The summed E-state index contributed by atoms with van der Waals surface area (Å²) in [5.41, 5.74) is 0. The third-order valence-electron chi connectivity index (χ3n) is 2.77. The summed E-state index contributed by atoms with van der Waals surface area (Å²) >= 11 is 0. The van der Waals surface area contributed by atoms with Gasteiger partial charge in [0.15, 0.2) is 0 Å². The van der Waals surface area contributed by atoms with Gasteiger partial charge in [0.2, 0.25) is 0 Å². The zero-order chi connectivity index (χ0) is 12.9. The summed E-state index contributed by atoms with van der Waals surface area (Å²) in [4.78, 5) is 10.3. The largest absolute Gasteiger partial charge is 0.481 e. The summed E-state index contributed by atoms with van der Waals surface area (Å²) < 4.78 is 11.4. The third-order valence-corrected chi connectivity index (χ3v) is 4.17. The Morgan fingerprint density at radius 1 is 0.941 bits per heavy atom. The van der Waals surface area contributed by atoms with Gasteiger partial charge in [-0.2, -0.15) is 0 Å². The summed E-state index contributed by atoms with van der Waals surface area (Å²) in [5, 5.41) is 8.44. The van der Waals surface area contributed by atoms with Gasteiger partial charge in [-0.1, -0.05) is 51.9 Å². The van der Waals surface area contributed by atoms with E-state index in [0.717, 1.165) is 12.8 Å². The summed E-state index contributed by atoms with van der Waals surface area (Å²) in [5.74, 6) is 0.128. The average molecular weight is 262 g/mol. The standard InChI is InChI=1S/C13H26O3S/c1-2-3-4-5-6-7-8-9-11-17(16)12-10-13(14)15/h2-12H2,1H3,(H,14,15)/t17-/m0/s1. The molecule has 4 heteroatoms. The van der Waals surface area contributed by atoms with Crippen LogP contribution in [-0.2, 0) is 15.6 Å². The molecule has 0 spiro atoms. The van der Waals surface area contributed by atoms with Crippen molar-refractivity contribution in [1.82, 2.24) is 0 Å². The molecule has 1 N–H and O–H groups in total. The molecule has 17 heavy (non-hydrogen) atoms. The van der Waals surface area contributed by atoms with Gasteiger partial charge < -0.3 is 5.11 Å². The Morgan fingerprint density at radius 3 is 2.00 bits per heavy atom. The Kier molecular flexibility index (Phi) is 11.8. The smallest absolute Gasteiger partial charge is 0.304 e. The van der Waals surface area contributed by atoms with Crippen molar-refractivity contribution in [2.24, 2.45) is 0 Å². The fourth-order valence-electron chi connectivity index (χ4n) is 1.70. The van der Waals surface area contributed by atoms with Crippen LogP contribution < -0.4 is 0 Å². The van der Waals surface area contributed by atoms with Crippen LogP contribution in [0.15, 0.2) is 0 Å². The molecule has 0 heterocycles. The fourth-order valence-corrected chi connectivity index (χ4v) is 2.83. The second-order valence-corrected chi connectivity index (χ2v) is 6.16. The minimum absolute atomic E-state index is 0.0314. The second kappa shape index (κ2) is 12.1. The molecule has 0 saturated heterocycles. The van der Waals surface area contributed by atoms with E-state index in [0.29, 0.717) is 11.5 Å². The first kappa shape index (κ1) is 16.6. The van der Waals surface area contributed by atoms with Crippen molar-refractivity contribution in [3.8, 4) is 0 Å². The zero-order valence-electron chi connectivity index (χ0n) is 11.0. The minimum Gasteiger partial charge on any atom is -0.481 e. The highest BCUT2D eigenvalue weighted by Crippen LogP contribution is 2.08. The van der Waals surface area contributed by atoms with Crippen LogP contribution in [0.3, 0.4) is 0 Å². The number of aliphatic carboxylic acids is 1. The molecule has 0 aliphatic rings. The summed E-state index contributed by atoms with van der Waals surface area (Å²) in [6.07, 6.45) is 9.90. The maximum Gasteiger partial charge on any atom is 0.304 e. The predicted molar refractivity (Wildman–Crippen MR) is 72.7 cm³/mol. The van der Waals surface area contributed by atoms with Crippen LogP contribution in [0.4, 0.5) is 0 Å². The molecule has 0 radical (unpaired) electrons. The van der Waals surface area contributed by atoms with Crippen LogP contribution in [0, 0.1) is 0 Å². The van der Waals surface area contributed by atoms with Crippen LogP contribution in [0.1, 0.15) is 64.7 Å². The number of carboxylic acids is 1. The van der Waals surface area contributed by atoms with E-state index in [9.17, 15) is 9.00 Å². The van der Waals surface area contributed by atoms with Crippen molar-refractivity contribution in [3.05, 3.63) is 0 Å². The second-order valence-electron chi connectivity index (χ2n) is 4.47. The lowest BCUT2D eigenvalue weighted by Gasteiger charge is -2.02. The van der Waals surface area contributed by atoms with Crippen LogP contribution in [0.25, 0.3) is 0 Å². The van der Waals surface area contributed by atoms with Gasteiger partial charge >= 0.3 is 5.97 Å². The van der Waals surface area contributed by atoms with Crippen molar-refractivity contribution in [3.63, 3.8) is 0 Å². The van der Waals surface area contributed by atoms with Gasteiger partial charge in [0.25, 0.3) is 0 Å². The normalized spacial score (nSPS) is 12.5. The number of carboxylic acid groups (broad SMARTS) is 1. The summed E-state index contributed by atoms with van der Waals surface area (Å²) in [6.45, 7) is 2.21. The Morgan fingerprint density at radius 2 is 1.47 bits per heavy atom. The molecule has 3 nitrogen and oxygen atoms in total. The maximum atomic E-state index is 11.4. The molecule has 0 aliphatic heterocycles. The molecular weight excluding hydrogens is 236 g/mol. The fraction of sp³-hybridized carbons (Fsp3) is 0.923. The van der Waals surface area contributed by atoms with Gasteiger partial charge in [-0.05, 0) is 6.42 Å². The number of unbranched alkanes of at least 4 members (excludes halogenated alkanes) is 7. The van der Waals surface area contributed by atoms with Crippen LogP contribution in [-0.4, -0.2) is 26.8 Å². The highest BCUT2D eigenvalue weighted by atomic mass is 32.2. The topological polar surface area (TPSA) is 54.4 Å². The third kappa shape index (κ3) is 13.6. The maximum absolute atomic E-state index is 11.4. The van der Waals surface area contributed by atoms with Crippen molar-refractivity contribution in [1.29, 1.82) is 0 Å². The summed E-state index contributed by atoms with van der Waals surface area (Å²) in [6, 6.07) is 0. The van der Waals surface area contributed by atoms with E-state index in [1.54, 1.807) is 0 Å². The van der Waals surface area contributed by atoms with E-state index in [4.69, 9.17) is 5.11 Å². The van der Waals surface area contributed by atoms with Crippen molar-refractivity contribution < 1.29 is 14.1 Å². The number of hydrogen-bond acceptors (Lipinski definition) is 2. The first-order valence-electron chi connectivity index (χ1n) is 6.73. The Labute approximate surface area is 107 Å². The summed E-state index contributed by atoms with van der Waals surface area (Å²) in [7, 11) is -0.932. The molecule has 0 aromatic carbocycles. The number of hydrogen-bond donors (Lipinski definition) is 1. The molecule has 0 rings (SSSR count). The lowest BCUT2D eigenvalue weighted by molar-refractivity contribution is -0.136. The predicted octanol–water partition coefficient (Wildman–Crippen LogP) is 3.35. The van der Waals surface area contributed by atoms with Gasteiger partial charge in [-0.25, -0.2) is 0 Å². The van der Waals surface area contributed by atoms with E-state index in [2.05, 4.69) is 6.92 Å². The molecular formula is C13H26O3S. The highest BCUT2D eigenvalue weighted by molar-refractivity contribution is 7.84. The first-order chi connectivity index (χ1) is 8.16. The van der Waals surface area contributed by atoms with E-state index >= 15 is 0 Å². The molecule has 0 fully saturated rings. The lowest BCUT2D eigenvalue weighted by Crippen LogP contribution is -2.07.